The SMILES string of the molecule is CCCCOCCOc1ccncc1CNCCC. The number of nitrogens with zero attached hydrogens (tertiary/aromatic N) is 1. The minimum absolute atomic E-state index is 0.592. The first-order valence-electron chi connectivity index (χ1n) is 7.22. The van der Waals surface area contributed by atoms with E-state index in [9.17, 15) is 0 Å². The molecule has 108 valence electrons. The summed E-state index contributed by atoms with van der Waals surface area (Å²) in [5.74, 6) is 0.901. The van der Waals surface area contributed by atoms with Crippen LogP contribution in [-0.2, 0) is 11.3 Å². The molecule has 19 heavy (non-hydrogen) atoms. The Morgan fingerprint density at radius 1 is 1.16 bits per heavy atom. The largest absolute Gasteiger partial charge is 0.491 e. The third-order valence-corrected chi connectivity index (χ3v) is 2.73. The summed E-state index contributed by atoms with van der Waals surface area (Å²) in [5.41, 5.74) is 1.10. The Labute approximate surface area is 116 Å². The molecule has 4 nitrogen and oxygen atoms in total. The molecule has 0 aliphatic rings. The Balaban J connectivity index is 2.27. The fourth-order valence-electron chi connectivity index (χ4n) is 1.65. The van der Waals surface area contributed by atoms with Crippen LogP contribution < -0.4 is 10.1 Å². The lowest BCUT2D eigenvalue weighted by molar-refractivity contribution is 0.0976. The molecule has 0 saturated carbocycles. The van der Waals surface area contributed by atoms with E-state index in [0.29, 0.717) is 13.2 Å². The molecule has 0 aromatic carbocycles. The number of rotatable bonds is 11. The normalized spacial score (nSPS) is 10.6. The van der Waals surface area contributed by atoms with Crippen LogP contribution in [0.25, 0.3) is 0 Å². The van der Waals surface area contributed by atoms with E-state index in [0.717, 1.165) is 43.9 Å². The molecule has 0 radical (unpaired) electrons. The first-order chi connectivity index (χ1) is 9.38. The predicted molar refractivity (Wildman–Crippen MR) is 77.5 cm³/mol. The number of unbranched alkanes of at least 4 members (excludes halogenated alkanes) is 1. The van der Waals surface area contributed by atoms with Crippen LogP contribution in [-0.4, -0.2) is 31.3 Å². The highest BCUT2D eigenvalue weighted by Gasteiger charge is 2.02. The van der Waals surface area contributed by atoms with Gasteiger partial charge in [0.15, 0.2) is 0 Å². The molecular weight excluding hydrogens is 240 g/mol. The lowest BCUT2D eigenvalue weighted by Crippen LogP contribution is -2.15. The molecule has 0 amide bonds. The smallest absolute Gasteiger partial charge is 0.126 e. The maximum Gasteiger partial charge on any atom is 0.126 e. The number of nitrogens with one attached hydrogen (secondary N) is 1. The van der Waals surface area contributed by atoms with Gasteiger partial charge in [-0.25, -0.2) is 0 Å². The van der Waals surface area contributed by atoms with E-state index >= 15 is 0 Å². The second kappa shape index (κ2) is 10.8. The van der Waals surface area contributed by atoms with Crippen molar-refractivity contribution < 1.29 is 9.47 Å². The molecular formula is C15H26N2O2. The topological polar surface area (TPSA) is 43.4 Å². The van der Waals surface area contributed by atoms with Crippen LogP contribution in [0.5, 0.6) is 5.75 Å². The highest BCUT2D eigenvalue weighted by molar-refractivity contribution is 5.29. The van der Waals surface area contributed by atoms with Crippen LogP contribution in [0.4, 0.5) is 0 Å². The van der Waals surface area contributed by atoms with E-state index in [-0.39, 0.29) is 0 Å². The van der Waals surface area contributed by atoms with Gasteiger partial charge in [0.25, 0.3) is 0 Å². The Bertz CT molecular complexity index is 332. The van der Waals surface area contributed by atoms with Crippen molar-refractivity contribution in [3.63, 3.8) is 0 Å². The Morgan fingerprint density at radius 2 is 2.05 bits per heavy atom. The average Bonchev–Trinajstić information content (AvgIpc) is 2.44. The number of hydrogen-bond acceptors (Lipinski definition) is 4. The van der Waals surface area contributed by atoms with Gasteiger partial charge in [0.2, 0.25) is 0 Å². The quantitative estimate of drug-likeness (QED) is 0.625. The standard InChI is InChI=1S/C15H26N2O2/c1-3-5-9-18-10-11-19-15-6-8-17-13-14(15)12-16-7-4-2/h6,8,13,16H,3-5,7,9-12H2,1-2H3. The third-order valence-electron chi connectivity index (χ3n) is 2.73. The van der Waals surface area contributed by atoms with Crippen LogP contribution in [0.1, 0.15) is 38.7 Å². The monoisotopic (exact) mass is 266 g/mol. The van der Waals surface area contributed by atoms with Gasteiger partial charge in [0.05, 0.1) is 6.61 Å². The van der Waals surface area contributed by atoms with Gasteiger partial charge in [-0.3, -0.25) is 4.98 Å². The van der Waals surface area contributed by atoms with Crippen molar-refractivity contribution in [2.45, 2.75) is 39.7 Å². The summed E-state index contributed by atoms with van der Waals surface area (Å²) in [6.07, 6.45) is 7.02. The van der Waals surface area contributed by atoms with E-state index < -0.39 is 0 Å². The van der Waals surface area contributed by atoms with Gasteiger partial charge in [0.1, 0.15) is 12.4 Å². The molecule has 1 N–H and O–H groups in total. The molecule has 1 heterocycles. The van der Waals surface area contributed by atoms with E-state index in [1.807, 2.05) is 12.3 Å². The Hall–Kier alpha value is -1.13. The number of pyridine rings is 1. The molecule has 1 rings (SSSR count). The van der Waals surface area contributed by atoms with Gasteiger partial charge >= 0.3 is 0 Å². The number of ether oxygens (including phenoxy) is 2. The Morgan fingerprint density at radius 3 is 2.84 bits per heavy atom. The van der Waals surface area contributed by atoms with Gasteiger partial charge in [-0.1, -0.05) is 20.3 Å². The Kier molecular flexibility index (Phi) is 9.02. The summed E-state index contributed by atoms with van der Waals surface area (Å²) in [7, 11) is 0. The molecule has 4 heteroatoms. The molecule has 0 fully saturated rings. The molecule has 0 aliphatic heterocycles. The lowest BCUT2D eigenvalue weighted by Gasteiger charge is -2.11. The predicted octanol–water partition coefficient (Wildman–Crippen LogP) is 2.78. The van der Waals surface area contributed by atoms with Crippen LogP contribution in [0.15, 0.2) is 18.5 Å². The highest BCUT2D eigenvalue weighted by Crippen LogP contribution is 2.16. The van der Waals surface area contributed by atoms with Crippen molar-refractivity contribution in [1.29, 1.82) is 0 Å². The van der Waals surface area contributed by atoms with Gasteiger partial charge < -0.3 is 14.8 Å². The van der Waals surface area contributed by atoms with Crippen LogP contribution >= 0.6 is 0 Å². The molecule has 0 bridgehead atoms. The van der Waals surface area contributed by atoms with Gasteiger partial charge in [-0.15, -0.1) is 0 Å². The number of aromatic nitrogens is 1. The second-order valence-corrected chi connectivity index (χ2v) is 4.47. The lowest BCUT2D eigenvalue weighted by atomic mass is 10.2. The highest BCUT2D eigenvalue weighted by atomic mass is 16.5. The van der Waals surface area contributed by atoms with E-state index in [1.54, 1.807) is 6.20 Å². The maximum absolute atomic E-state index is 5.74. The average molecular weight is 266 g/mol. The summed E-state index contributed by atoms with van der Waals surface area (Å²) in [6.45, 7) is 8.18. The van der Waals surface area contributed by atoms with Gasteiger partial charge in [-0.05, 0) is 25.5 Å². The summed E-state index contributed by atoms with van der Waals surface area (Å²) >= 11 is 0. The van der Waals surface area contributed by atoms with Crippen LogP contribution in [0, 0.1) is 0 Å². The van der Waals surface area contributed by atoms with Crippen molar-refractivity contribution >= 4 is 0 Å². The van der Waals surface area contributed by atoms with Crippen LogP contribution in [0.3, 0.4) is 0 Å². The summed E-state index contributed by atoms with van der Waals surface area (Å²) in [4.78, 5) is 4.14. The van der Waals surface area contributed by atoms with E-state index in [4.69, 9.17) is 9.47 Å². The van der Waals surface area contributed by atoms with Crippen molar-refractivity contribution in [2.24, 2.45) is 0 Å². The zero-order valence-electron chi connectivity index (χ0n) is 12.2. The molecule has 1 aromatic heterocycles. The fraction of sp³-hybridized carbons (Fsp3) is 0.667. The molecule has 0 unspecified atom stereocenters. The number of hydrogen-bond donors (Lipinski definition) is 1. The summed E-state index contributed by atoms with van der Waals surface area (Å²) in [6, 6.07) is 1.91. The minimum Gasteiger partial charge on any atom is -0.491 e. The van der Waals surface area contributed by atoms with Crippen molar-refractivity contribution in [1.82, 2.24) is 10.3 Å². The molecule has 1 aromatic rings. The van der Waals surface area contributed by atoms with E-state index in [2.05, 4.69) is 24.1 Å². The minimum atomic E-state index is 0.592. The van der Waals surface area contributed by atoms with Gasteiger partial charge in [0, 0.05) is 31.1 Å². The van der Waals surface area contributed by atoms with Gasteiger partial charge in [-0.2, -0.15) is 0 Å². The fourth-order valence-corrected chi connectivity index (χ4v) is 1.65. The van der Waals surface area contributed by atoms with Crippen molar-refractivity contribution in [3.8, 4) is 5.75 Å². The first kappa shape index (κ1) is 15.9. The van der Waals surface area contributed by atoms with Crippen molar-refractivity contribution in [3.05, 3.63) is 24.0 Å². The molecule has 0 aliphatic carbocycles. The maximum atomic E-state index is 5.74. The third kappa shape index (κ3) is 7.13. The molecule has 0 saturated heterocycles. The zero-order valence-corrected chi connectivity index (χ0v) is 12.2. The summed E-state index contributed by atoms with van der Waals surface area (Å²) in [5, 5.41) is 3.36. The first-order valence-corrected chi connectivity index (χ1v) is 7.22. The van der Waals surface area contributed by atoms with E-state index in [1.165, 1.54) is 6.42 Å². The zero-order chi connectivity index (χ0) is 13.8. The van der Waals surface area contributed by atoms with Crippen molar-refractivity contribution in [2.75, 3.05) is 26.4 Å². The molecule has 0 spiro atoms. The summed E-state index contributed by atoms with van der Waals surface area (Å²) < 4.78 is 11.2. The second-order valence-electron chi connectivity index (χ2n) is 4.47. The van der Waals surface area contributed by atoms with Crippen LogP contribution in [0.2, 0.25) is 0 Å². The molecule has 0 atom stereocenters.